The topological polar surface area (TPSA) is 46.3 Å². The van der Waals surface area contributed by atoms with Gasteiger partial charge < -0.3 is 10.6 Å². The number of halogens is 1. The van der Waals surface area contributed by atoms with E-state index >= 15 is 0 Å². The van der Waals surface area contributed by atoms with Crippen LogP contribution in [0, 0.1) is 0 Å². The van der Waals surface area contributed by atoms with Crippen molar-refractivity contribution in [3.63, 3.8) is 0 Å². The average Bonchev–Trinajstić information content (AvgIpc) is 2.65. The Morgan fingerprint density at radius 1 is 1.67 bits per heavy atom. The number of carbonyl (C=O) groups is 1. The Bertz CT molecular complexity index is 288. The fourth-order valence-corrected chi connectivity index (χ4v) is 1.89. The second-order valence-electron chi connectivity index (χ2n) is 3.38. The van der Waals surface area contributed by atoms with Crippen molar-refractivity contribution in [3.05, 3.63) is 22.4 Å². The van der Waals surface area contributed by atoms with Gasteiger partial charge in [-0.15, -0.1) is 23.7 Å². The molecule has 0 unspecified atom stereocenters. The summed E-state index contributed by atoms with van der Waals surface area (Å²) in [5, 5.41) is 2.04. The van der Waals surface area contributed by atoms with Gasteiger partial charge in [0.2, 0.25) is 5.91 Å². The predicted molar refractivity (Wildman–Crippen MR) is 66.6 cm³/mol. The molecule has 3 nitrogen and oxygen atoms in total. The van der Waals surface area contributed by atoms with Gasteiger partial charge in [-0.1, -0.05) is 6.07 Å². The Balaban J connectivity index is 0.00000196. The zero-order chi connectivity index (χ0) is 10.6. The molecule has 5 heteroatoms. The summed E-state index contributed by atoms with van der Waals surface area (Å²) in [5.41, 5.74) is 5.50. The first kappa shape index (κ1) is 14.4. The molecule has 1 amide bonds. The van der Waals surface area contributed by atoms with Crippen LogP contribution in [0.15, 0.2) is 17.5 Å². The number of nitrogens with zero attached hydrogens (tertiary/aromatic N) is 1. The largest absolute Gasteiger partial charge is 0.344 e. The number of rotatable bonds is 4. The van der Waals surface area contributed by atoms with Crippen molar-refractivity contribution >= 4 is 29.7 Å². The van der Waals surface area contributed by atoms with Crippen LogP contribution in [-0.2, 0) is 11.2 Å². The molecule has 1 aromatic rings. The lowest BCUT2D eigenvalue weighted by atomic mass is 10.3. The van der Waals surface area contributed by atoms with Crippen LogP contribution in [0.2, 0.25) is 0 Å². The molecule has 0 radical (unpaired) electrons. The van der Waals surface area contributed by atoms with Crippen LogP contribution in [0.25, 0.3) is 0 Å². The van der Waals surface area contributed by atoms with Gasteiger partial charge in [0.05, 0.1) is 6.04 Å². The summed E-state index contributed by atoms with van der Waals surface area (Å²) < 4.78 is 0. The van der Waals surface area contributed by atoms with Gasteiger partial charge in [-0.2, -0.15) is 0 Å². The number of hydrogen-bond donors (Lipinski definition) is 1. The second kappa shape index (κ2) is 6.82. The standard InChI is InChI=1S/C10H16N2OS.ClH/c1-8(11)10(13)12(2)6-5-9-4-3-7-14-9;/h3-4,7-8H,5-6,11H2,1-2H3;1H/t8-;/m0./s1. The highest BCUT2D eigenvalue weighted by atomic mass is 35.5. The van der Waals surface area contributed by atoms with E-state index in [9.17, 15) is 4.79 Å². The predicted octanol–water partition coefficient (Wildman–Crippen LogP) is 1.52. The summed E-state index contributed by atoms with van der Waals surface area (Å²) in [4.78, 5) is 14.4. The van der Waals surface area contributed by atoms with E-state index in [1.165, 1.54) is 4.88 Å². The lowest BCUT2D eigenvalue weighted by Gasteiger charge is -2.18. The van der Waals surface area contributed by atoms with Crippen LogP contribution in [0.3, 0.4) is 0 Å². The van der Waals surface area contributed by atoms with Crippen molar-refractivity contribution < 1.29 is 4.79 Å². The zero-order valence-corrected chi connectivity index (χ0v) is 10.6. The van der Waals surface area contributed by atoms with Gasteiger partial charge in [-0.25, -0.2) is 0 Å². The minimum atomic E-state index is -0.400. The normalized spacial score (nSPS) is 11.7. The third-order valence-electron chi connectivity index (χ3n) is 2.04. The first-order valence-electron chi connectivity index (χ1n) is 4.64. The van der Waals surface area contributed by atoms with E-state index in [2.05, 4.69) is 6.07 Å². The molecule has 1 heterocycles. The first-order valence-corrected chi connectivity index (χ1v) is 5.52. The van der Waals surface area contributed by atoms with Gasteiger partial charge in [0.25, 0.3) is 0 Å². The van der Waals surface area contributed by atoms with E-state index in [0.29, 0.717) is 0 Å². The van der Waals surface area contributed by atoms with Crippen molar-refractivity contribution in [3.8, 4) is 0 Å². The summed E-state index contributed by atoms with van der Waals surface area (Å²) >= 11 is 1.72. The zero-order valence-electron chi connectivity index (χ0n) is 8.97. The molecule has 15 heavy (non-hydrogen) atoms. The molecule has 86 valence electrons. The van der Waals surface area contributed by atoms with Crippen LogP contribution in [0.4, 0.5) is 0 Å². The maximum absolute atomic E-state index is 11.4. The van der Waals surface area contributed by atoms with Crippen LogP contribution in [0.5, 0.6) is 0 Å². The summed E-state index contributed by atoms with van der Waals surface area (Å²) in [6.45, 7) is 2.45. The third-order valence-corrected chi connectivity index (χ3v) is 2.98. The number of amides is 1. The highest BCUT2D eigenvalue weighted by Crippen LogP contribution is 2.09. The van der Waals surface area contributed by atoms with Gasteiger partial charge >= 0.3 is 0 Å². The molecule has 0 aliphatic carbocycles. The summed E-state index contributed by atoms with van der Waals surface area (Å²) in [6, 6.07) is 3.70. The van der Waals surface area contributed by atoms with Crippen molar-refractivity contribution in [1.29, 1.82) is 0 Å². The van der Waals surface area contributed by atoms with Gasteiger partial charge in [-0.05, 0) is 24.8 Å². The molecule has 0 saturated heterocycles. The SMILES string of the molecule is C[C@H](N)C(=O)N(C)CCc1cccs1.Cl. The molecule has 1 aromatic heterocycles. The maximum Gasteiger partial charge on any atom is 0.238 e. The number of thiophene rings is 1. The van der Waals surface area contributed by atoms with Gasteiger partial charge in [0.1, 0.15) is 0 Å². The molecule has 0 aliphatic rings. The molecular formula is C10H17ClN2OS. The second-order valence-corrected chi connectivity index (χ2v) is 4.41. The lowest BCUT2D eigenvalue weighted by molar-refractivity contribution is -0.130. The monoisotopic (exact) mass is 248 g/mol. The summed E-state index contributed by atoms with van der Waals surface area (Å²) in [7, 11) is 1.79. The molecule has 0 fully saturated rings. The molecule has 0 aliphatic heterocycles. The first-order chi connectivity index (χ1) is 6.61. The molecular weight excluding hydrogens is 232 g/mol. The third kappa shape index (κ3) is 4.64. The maximum atomic E-state index is 11.4. The van der Waals surface area contributed by atoms with Crippen molar-refractivity contribution in [2.24, 2.45) is 5.73 Å². The Morgan fingerprint density at radius 3 is 2.80 bits per heavy atom. The molecule has 0 saturated carbocycles. The summed E-state index contributed by atoms with van der Waals surface area (Å²) in [5.74, 6) is 0.00144. The van der Waals surface area contributed by atoms with E-state index in [-0.39, 0.29) is 18.3 Å². The Labute approximate surface area is 101 Å². The summed E-state index contributed by atoms with van der Waals surface area (Å²) in [6.07, 6.45) is 0.909. The smallest absolute Gasteiger partial charge is 0.238 e. The number of nitrogens with two attached hydrogens (primary N) is 1. The Hall–Kier alpha value is -0.580. The highest BCUT2D eigenvalue weighted by Gasteiger charge is 2.12. The highest BCUT2D eigenvalue weighted by molar-refractivity contribution is 7.09. The van der Waals surface area contributed by atoms with Gasteiger partial charge in [0, 0.05) is 18.5 Å². The van der Waals surface area contributed by atoms with Crippen LogP contribution >= 0.6 is 23.7 Å². The number of carbonyl (C=O) groups excluding carboxylic acids is 1. The van der Waals surface area contributed by atoms with Gasteiger partial charge in [-0.3, -0.25) is 4.79 Å². The van der Waals surface area contributed by atoms with E-state index in [1.807, 2.05) is 11.4 Å². The van der Waals surface area contributed by atoms with Crippen LogP contribution in [-0.4, -0.2) is 30.4 Å². The Kier molecular flexibility index (Phi) is 6.56. The lowest BCUT2D eigenvalue weighted by Crippen LogP contribution is -2.40. The van der Waals surface area contributed by atoms with Gasteiger partial charge in [0.15, 0.2) is 0 Å². The molecule has 1 atom stereocenters. The molecule has 2 N–H and O–H groups in total. The van der Waals surface area contributed by atoms with Crippen molar-refractivity contribution in [1.82, 2.24) is 4.90 Å². The van der Waals surface area contributed by atoms with E-state index < -0.39 is 6.04 Å². The fourth-order valence-electron chi connectivity index (χ4n) is 1.19. The average molecular weight is 249 g/mol. The molecule has 0 spiro atoms. The Morgan fingerprint density at radius 2 is 2.33 bits per heavy atom. The van der Waals surface area contributed by atoms with Crippen LogP contribution in [0.1, 0.15) is 11.8 Å². The van der Waals surface area contributed by atoms with E-state index in [0.717, 1.165) is 13.0 Å². The quantitative estimate of drug-likeness (QED) is 0.878. The van der Waals surface area contributed by atoms with Crippen molar-refractivity contribution in [2.45, 2.75) is 19.4 Å². The minimum absolute atomic E-state index is 0. The minimum Gasteiger partial charge on any atom is -0.344 e. The molecule has 0 aromatic carbocycles. The van der Waals surface area contributed by atoms with E-state index in [4.69, 9.17) is 5.73 Å². The van der Waals surface area contributed by atoms with Crippen LogP contribution < -0.4 is 5.73 Å². The number of likely N-dealkylation sites (N-methyl/N-ethyl adjacent to an activating group) is 1. The fraction of sp³-hybridized carbons (Fsp3) is 0.500. The molecule has 1 rings (SSSR count). The number of hydrogen-bond acceptors (Lipinski definition) is 3. The molecule has 0 bridgehead atoms. The van der Waals surface area contributed by atoms with E-state index in [1.54, 1.807) is 30.2 Å². The van der Waals surface area contributed by atoms with Crippen molar-refractivity contribution in [2.75, 3.05) is 13.6 Å².